The van der Waals surface area contributed by atoms with Crippen LogP contribution in [0.2, 0.25) is 5.02 Å². The first-order valence-electron chi connectivity index (χ1n) is 9.43. The number of nitrogens with zero attached hydrogens (tertiary/aromatic N) is 4. The third-order valence-corrected chi connectivity index (χ3v) is 5.98. The van der Waals surface area contributed by atoms with Crippen LogP contribution in [-0.4, -0.2) is 27.9 Å². The minimum absolute atomic E-state index is 0.658. The summed E-state index contributed by atoms with van der Waals surface area (Å²) in [7, 11) is 0. The number of anilines is 1. The zero-order chi connectivity index (χ0) is 19.9. The molecule has 4 nitrogen and oxygen atoms in total. The second-order valence-corrected chi connectivity index (χ2v) is 7.65. The van der Waals surface area contributed by atoms with E-state index in [1.165, 1.54) is 5.69 Å². The molecule has 0 amide bonds. The lowest BCUT2D eigenvalue weighted by atomic mass is 10.2. The highest BCUT2D eigenvalue weighted by atomic mass is 35.5. The van der Waals surface area contributed by atoms with Gasteiger partial charge in [0, 0.05) is 41.7 Å². The zero-order valence-electron chi connectivity index (χ0n) is 16.3. The van der Waals surface area contributed by atoms with Gasteiger partial charge in [0.1, 0.15) is 0 Å². The predicted octanol–water partition coefficient (Wildman–Crippen LogP) is 5.92. The van der Waals surface area contributed by atoms with Crippen molar-refractivity contribution in [2.45, 2.75) is 31.3 Å². The van der Waals surface area contributed by atoms with Crippen LogP contribution in [0.1, 0.15) is 19.4 Å². The van der Waals surface area contributed by atoms with Crippen LogP contribution < -0.4 is 4.90 Å². The number of thioether (sulfide) groups is 1. The molecule has 0 aliphatic carbocycles. The molecule has 0 aliphatic rings. The van der Waals surface area contributed by atoms with Crippen molar-refractivity contribution in [1.29, 1.82) is 0 Å². The summed E-state index contributed by atoms with van der Waals surface area (Å²) in [5, 5.41) is 10.5. The predicted molar refractivity (Wildman–Crippen MR) is 120 cm³/mol. The fraction of sp³-hybridized carbons (Fsp3) is 0.273. The zero-order valence-corrected chi connectivity index (χ0v) is 17.9. The molecule has 0 saturated heterocycles. The first-order valence-corrected chi connectivity index (χ1v) is 10.8. The number of benzene rings is 2. The monoisotopic (exact) mass is 412 g/mol. The second-order valence-electron chi connectivity index (χ2n) is 6.30. The van der Waals surface area contributed by atoms with Crippen LogP contribution >= 0.6 is 23.4 Å². The second kappa shape index (κ2) is 9.80. The van der Waals surface area contributed by atoms with E-state index >= 15 is 0 Å². The van der Waals surface area contributed by atoms with Crippen LogP contribution in [0.3, 0.4) is 0 Å². The van der Waals surface area contributed by atoms with Crippen molar-refractivity contribution in [2.24, 2.45) is 0 Å². The van der Waals surface area contributed by atoms with Crippen molar-refractivity contribution in [2.75, 3.05) is 18.0 Å². The molecular weight excluding hydrogens is 388 g/mol. The number of aromatic nitrogens is 3. The van der Waals surface area contributed by atoms with Gasteiger partial charge in [-0.1, -0.05) is 47.6 Å². The van der Waals surface area contributed by atoms with E-state index in [0.717, 1.165) is 46.0 Å². The van der Waals surface area contributed by atoms with Gasteiger partial charge in [-0.15, -0.1) is 16.8 Å². The van der Waals surface area contributed by atoms with Crippen molar-refractivity contribution in [1.82, 2.24) is 14.8 Å². The molecule has 0 atom stereocenters. The Morgan fingerprint density at radius 3 is 2.43 bits per heavy atom. The number of hydrogen-bond donors (Lipinski definition) is 0. The van der Waals surface area contributed by atoms with Crippen molar-refractivity contribution in [3.05, 3.63) is 71.8 Å². The average molecular weight is 413 g/mol. The smallest absolute Gasteiger partial charge is 0.192 e. The lowest BCUT2D eigenvalue weighted by molar-refractivity contribution is 0.731. The Kier molecular flexibility index (Phi) is 7.18. The van der Waals surface area contributed by atoms with E-state index < -0.39 is 0 Å². The highest BCUT2D eigenvalue weighted by Crippen LogP contribution is 2.29. The van der Waals surface area contributed by atoms with Gasteiger partial charge < -0.3 is 4.90 Å². The lowest BCUT2D eigenvalue weighted by Gasteiger charge is -2.21. The van der Waals surface area contributed by atoms with E-state index in [1.807, 2.05) is 30.3 Å². The fourth-order valence-corrected chi connectivity index (χ4v) is 4.30. The minimum atomic E-state index is 0.658. The summed E-state index contributed by atoms with van der Waals surface area (Å²) in [5.74, 6) is 1.60. The van der Waals surface area contributed by atoms with E-state index in [1.54, 1.807) is 11.8 Å². The Labute approximate surface area is 176 Å². The molecule has 2 aromatic carbocycles. The molecule has 28 heavy (non-hydrogen) atoms. The van der Waals surface area contributed by atoms with Crippen molar-refractivity contribution in [3.63, 3.8) is 0 Å². The molecule has 0 N–H and O–H groups in total. The van der Waals surface area contributed by atoms with E-state index in [2.05, 4.69) is 64.4 Å². The third kappa shape index (κ3) is 4.59. The highest BCUT2D eigenvalue weighted by Gasteiger charge is 2.14. The Morgan fingerprint density at radius 1 is 1.07 bits per heavy atom. The maximum Gasteiger partial charge on any atom is 0.192 e. The molecule has 146 valence electrons. The number of halogens is 1. The van der Waals surface area contributed by atoms with Gasteiger partial charge in [-0.2, -0.15) is 0 Å². The molecule has 0 radical (unpaired) electrons. The first kappa shape index (κ1) is 20.5. The van der Waals surface area contributed by atoms with Gasteiger partial charge in [0.25, 0.3) is 0 Å². The van der Waals surface area contributed by atoms with Gasteiger partial charge in [-0.3, -0.25) is 4.57 Å². The minimum Gasteiger partial charge on any atom is -0.372 e. The van der Waals surface area contributed by atoms with Gasteiger partial charge in [-0.25, -0.2) is 0 Å². The Balaban J connectivity index is 1.84. The summed E-state index contributed by atoms with van der Waals surface area (Å²) in [4.78, 5) is 2.32. The molecule has 0 aliphatic heterocycles. The Morgan fingerprint density at radius 2 is 1.79 bits per heavy atom. The van der Waals surface area contributed by atoms with Crippen molar-refractivity contribution >= 4 is 29.1 Å². The molecular formula is C22H25ClN4S. The number of hydrogen-bond acceptors (Lipinski definition) is 4. The van der Waals surface area contributed by atoms with Crippen molar-refractivity contribution in [3.8, 4) is 11.4 Å². The summed E-state index contributed by atoms with van der Waals surface area (Å²) >= 11 is 7.91. The molecule has 3 rings (SSSR count). The van der Waals surface area contributed by atoms with Crippen LogP contribution in [0, 0.1) is 0 Å². The van der Waals surface area contributed by atoms with Crippen LogP contribution in [0.5, 0.6) is 0 Å². The molecule has 0 fully saturated rings. The third-order valence-electron chi connectivity index (χ3n) is 4.60. The molecule has 1 heterocycles. The average Bonchev–Trinajstić information content (AvgIpc) is 3.12. The van der Waals surface area contributed by atoms with E-state index in [0.29, 0.717) is 6.54 Å². The summed E-state index contributed by atoms with van der Waals surface area (Å²) < 4.78 is 2.10. The van der Waals surface area contributed by atoms with Gasteiger partial charge >= 0.3 is 0 Å². The maximum atomic E-state index is 6.28. The number of rotatable bonds is 9. The summed E-state index contributed by atoms with van der Waals surface area (Å²) in [5.41, 5.74) is 3.36. The molecule has 1 aromatic heterocycles. The largest absolute Gasteiger partial charge is 0.372 e. The standard InChI is InChI=1S/C22H25ClN4S/c1-4-15-27-21(17-11-13-19(14-12-17)26(5-2)6-3)24-25-22(27)28-16-18-9-7-8-10-20(18)23/h4,7-14H,1,5-6,15-16H2,2-3H3. The SMILES string of the molecule is C=CCn1c(SCc2ccccc2Cl)nnc1-c1ccc(N(CC)CC)cc1. The molecule has 0 spiro atoms. The van der Waals surface area contributed by atoms with Crippen LogP contribution in [0.4, 0.5) is 5.69 Å². The maximum absolute atomic E-state index is 6.28. The summed E-state index contributed by atoms with van der Waals surface area (Å²) in [6.07, 6.45) is 1.87. The van der Waals surface area contributed by atoms with Gasteiger partial charge in [-0.05, 0) is 49.7 Å². The summed E-state index contributed by atoms with van der Waals surface area (Å²) in [6.45, 7) is 10.9. The van der Waals surface area contributed by atoms with Crippen LogP contribution in [-0.2, 0) is 12.3 Å². The Hall–Kier alpha value is -2.24. The topological polar surface area (TPSA) is 34.0 Å². The Bertz CT molecular complexity index is 917. The fourth-order valence-electron chi connectivity index (χ4n) is 3.07. The first-order chi connectivity index (χ1) is 13.7. The normalized spacial score (nSPS) is 10.8. The molecule has 0 saturated carbocycles. The van der Waals surface area contributed by atoms with Gasteiger partial charge in [0.15, 0.2) is 11.0 Å². The van der Waals surface area contributed by atoms with Gasteiger partial charge in [0.05, 0.1) is 0 Å². The van der Waals surface area contributed by atoms with Crippen LogP contribution in [0.25, 0.3) is 11.4 Å². The highest BCUT2D eigenvalue weighted by molar-refractivity contribution is 7.98. The molecule has 3 aromatic rings. The lowest BCUT2D eigenvalue weighted by Crippen LogP contribution is -2.21. The van der Waals surface area contributed by atoms with Crippen LogP contribution in [0.15, 0.2) is 66.3 Å². The molecule has 6 heteroatoms. The number of allylic oxidation sites excluding steroid dienone is 1. The van der Waals surface area contributed by atoms with Gasteiger partial charge in [0.2, 0.25) is 0 Å². The molecule has 0 bridgehead atoms. The van der Waals surface area contributed by atoms with E-state index in [-0.39, 0.29) is 0 Å². The summed E-state index contributed by atoms with van der Waals surface area (Å²) in [6, 6.07) is 16.4. The van der Waals surface area contributed by atoms with E-state index in [9.17, 15) is 0 Å². The quantitative estimate of drug-likeness (QED) is 0.322. The van der Waals surface area contributed by atoms with E-state index in [4.69, 9.17) is 11.6 Å². The molecule has 0 unspecified atom stereocenters. The van der Waals surface area contributed by atoms with Crippen molar-refractivity contribution < 1.29 is 0 Å².